The monoisotopic (exact) mass is 238 g/mol. The predicted octanol–water partition coefficient (Wildman–Crippen LogP) is 1.21. The van der Waals surface area contributed by atoms with Crippen LogP contribution in [0.3, 0.4) is 0 Å². The molecule has 0 aromatic rings. The van der Waals surface area contributed by atoms with Gasteiger partial charge in [0.15, 0.2) is 0 Å². The van der Waals surface area contributed by atoms with Gasteiger partial charge in [-0.1, -0.05) is 18.6 Å². The van der Waals surface area contributed by atoms with Gasteiger partial charge in [0.25, 0.3) is 0 Å². The predicted molar refractivity (Wildman–Crippen MR) is 62.6 cm³/mol. The van der Waals surface area contributed by atoms with Gasteiger partial charge < -0.3 is 15.3 Å². The molecule has 2 unspecified atom stereocenters. The van der Waals surface area contributed by atoms with Crippen molar-refractivity contribution in [3.63, 3.8) is 0 Å². The smallest absolute Gasteiger partial charge is 0.317 e. The van der Waals surface area contributed by atoms with E-state index in [0.717, 1.165) is 19.3 Å². The molecule has 0 spiro atoms. The van der Waals surface area contributed by atoms with E-state index < -0.39 is 11.9 Å². The summed E-state index contributed by atoms with van der Waals surface area (Å²) in [4.78, 5) is 24.6. The third kappa shape index (κ3) is 2.78. The molecule has 94 valence electrons. The summed E-state index contributed by atoms with van der Waals surface area (Å²) in [5.74, 6) is -1.22. The summed E-state index contributed by atoms with van der Waals surface area (Å²) in [6.07, 6.45) is 7.21. The minimum absolute atomic E-state index is 0.132. The number of hydrogen-bond acceptors (Lipinski definition) is 2. The lowest BCUT2D eigenvalue weighted by Crippen LogP contribution is -2.48. The molecule has 5 nitrogen and oxygen atoms in total. The molecule has 1 aliphatic heterocycles. The van der Waals surface area contributed by atoms with Crippen molar-refractivity contribution in [1.29, 1.82) is 0 Å². The van der Waals surface area contributed by atoms with Crippen molar-refractivity contribution in [1.82, 2.24) is 10.2 Å². The molecule has 0 saturated heterocycles. The van der Waals surface area contributed by atoms with Gasteiger partial charge >= 0.3 is 12.0 Å². The number of nitrogens with zero attached hydrogens (tertiary/aromatic N) is 1. The molecule has 5 heteroatoms. The summed E-state index contributed by atoms with van der Waals surface area (Å²) >= 11 is 0. The van der Waals surface area contributed by atoms with Crippen LogP contribution in [0, 0.1) is 5.92 Å². The van der Waals surface area contributed by atoms with Crippen LogP contribution in [0.15, 0.2) is 12.2 Å². The Hall–Kier alpha value is -1.52. The molecular weight excluding hydrogens is 220 g/mol. The van der Waals surface area contributed by atoms with Gasteiger partial charge in [-0.3, -0.25) is 4.79 Å². The third-order valence-corrected chi connectivity index (χ3v) is 3.49. The highest BCUT2D eigenvalue weighted by atomic mass is 16.4. The second-order valence-corrected chi connectivity index (χ2v) is 4.64. The normalized spacial score (nSPS) is 28.1. The van der Waals surface area contributed by atoms with E-state index in [1.165, 1.54) is 0 Å². The maximum absolute atomic E-state index is 11.9. The first kappa shape index (κ1) is 12.0. The van der Waals surface area contributed by atoms with Crippen LogP contribution in [0.25, 0.3) is 0 Å². The number of hydrogen-bond donors (Lipinski definition) is 2. The number of urea groups is 1. The quantitative estimate of drug-likeness (QED) is 0.710. The molecule has 17 heavy (non-hydrogen) atoms. The van der Waals surface area contributed by atoms with Gasteiger partial charge in [0, 0.05) is 19.1 Å². The molecule has 0 aromatic heterocycles. The summed E-state index contributed by atoms with van der Waals surface area (Å²) in [6, 6.07) is -0.335. The summed E-state index contributed by atoms with van der Waals surface area (Å²) in [5, 5.41) is 11.9. The van der Waals surface area contributed by atoms with Crippen LogP contribution in [0.2, 0.25) is 0 Å². The van der Waals surface area contributed by atoms with E-state index in [1.54, 1.807) is 4.90 Å². The van der Waals surface area contributed by atoms with E-state index in [9.17, 15) is 9.59 Å². The number of carbonyl (C=O) groups excluding carboxylic acids is 1. The summed E-state index contributed by atoms with van der Waals surface area (Å²) < 4.78 is 0. The Balaban J connectivity index is 1.89. The Bertz CT molecular complexity index is 341. The molecule has 1 heterocycles. The van der Waals surface area contributed by atoms with Gasteiger partial charge in [0.1, 0.15) is 0 Å². The first-order chi connectivity index (χ1) is 8.18. The lowest BCUT2D eigenvalue weighted by atomic mass is 10.0. The molecule has 1 aliphatic carbocycles. The van der Waals surface area contributed by atoms with E-state index >= 15 is 0 Å². The first-order valence-corrected chi connectivity index (χ1v) is 6.11. The van der Waals surface area contributed by atoms with Crippen molar-refractivity contribution in [3.05, 3.63) is 12.2 Å². The van der Waals surface area contributed by atoms with E-state index in [1.807, 2.05) is 6.08 Å². The van der Waals surface area contributed by atoms with Crippen molar-refractivity contribution in [2.24, 2.45) is 5.92 Å². The molecule has 1 saturated carbocycles. The van der Waals surface area contributed by atoms with Gasteiger partial charge in [-0.05, 0) is 19.3 Å². The van der Waals surface area contributed by atoms with Gasteiger partial charge in [-0.2, -0.15) is 0 Å². The fraction of sp³-hybridized carbons (Fsp3) is 0.667. The Morgan fingerprint density at radius 2 is 2.12 bits per heavy atom. The minimum atomic E-state index is -0.800. The average Bonchev–Trinajstić information content (AvgIpc) is 2.78. The Morgan fingerprint density at radius 1 is 1.29 bits per heavy atom. The van der Waals surface area contributed by atoms with Crippen LogP contribution in [-0.2, 0) is 4.79 Å². The number of aliphatic carboxylic acids is 1. The molecule has 0 radical (unpaired) electrons. The van der Waals surface area contributed by atoms with Gasteiger partial charge in [0.2, 0.25) is 0 Å². The van der Waals surface area contributed by atoms with Crippen LogP contribution in [-0.4, -0.2) is 41.1 Å². The van der Waals surface area contributed by atoms with Gasteiger partial charge in [-0.25, -0.2) is 4.79 Å². The first-order valence-electron chi connectivity index (χ1n) is 6.11. The standard InChI is InChI=1S/C12H18N2O3/c15-11(16)9-5-4-6-10(9)13-12(17)14-7-2-1-3-8-14/h1-2,9-10H,3-8H2,(H,13,17)(H,15,16). The Kier molecular flexibility index (Phi) is 3.66. The highest BCUT2D eigenvalue weighted by Gasteiger charge is 2.34. The number of rotatable bonds is 2. The number of carboxylic acid groups (broad SMARTS) is 1. The molecule has 2 amide bonds. The van der Waals surface area contributed by atoms with Crippen molar-refractivity contribution in [2.75, 3.05) is 13.1 Å². The van der Waals surface area contributed by atoms with Crippen LogP contribution in [0.1, 0.15) is 25.7 Å². The van der Waals surface area contributed by atoms with Crippen molar-refractivity contribution < 1.29 is 14.7 Å². The molecule has 2 N–H and O–H groups in total. The fourth-order valence-electron chi connectivity index (χ4n) is 2.50. The second-order valence-electron chi connectivity index (χ2n) is 4.64. The van der Waals surface area contributed by atoms with Crippen LogP contribution >= 0.6 is 0 Å². The van der Waals surface area contributed by atoms with E-state index in [0.29, 0.717) is 19.5 Å². The SMILES string of the molecule is O=C(O)C1CCCC1NC(=O)N1CC=CCC1. The van der Waals surface area contributed by atoms with E-state index in [2.05, 4.69) is 11.4 Å². The van der Waals surface area contributed by atoms with E-state index in [4.69, 9.17) is 5.11 Å². The highest BCUT2D eigenvalue weighted by Crippen LogP contribution is 2.26. The lowest BCUT2D eigenvalue weighted by molar-refractivity contribution is -0.142. The Labute approximate surface area is 100 Å². The lowest BCUT2D eigenvalue weighted by Gasteiger charge is -2.26. The number of carboxylic acids is 1. The number of carbonyl (C=O) groups is 2. The van der Waals surface area contributed by atoms with Crippen LogP contribution in [0.5, 0.6) is 0 Å². The summed E-state index contributed by atoms with van der Waals surface area (Å²) in [5.41, 5.74) is 0. The molecule has 2 aliphatic rings. The molecule has 1 fully saturated rings. The summed E-state index contributed by atoms with van der Waals surface area (Å²) in [6.45, 7) is 1.34. The molecule has 0 aromatic carbocycles. The fourth-order valence-corrected chi connectivity index (χ4v) is 2.50. The van der Waals surface area contributed by atoms with Crippen molar-refractivity contribution in [3.8, 4) is 0 Å². The zero-order valence-electron chi connectivity index (χ0n) is 9.76. The average molecular weight is 238 g/mol. The molecule has 2 rings (SSSR count). The van der Waals surface area contributed by atoms with Gasteiger partial charge in [-0.15, -0.1) is 0 Å². The zero-order valence-corrected chi connectivity index (χ0v) is 9.76. The van der Waals surface area contributed by atoms with Crippen molar-refractivity contribution >= 4 is 12.0 Å². The van der Waals surface area contributed by atoms with E-state index in [-0.39, 0.29) is 12.1 Å². The largest absolute Gasteiger partial charge is 0.481 e. The van der Waals surface area contributed by atoms with Gasteiger partial charge in [0.05, 0.1) is 5.92 Å². The third-order valence-electron chi connectivity index (χ3n) is 3.49. The zero-order chi connectivity index (χ0) is 12.3. The molecule has 2 atom stereocenters. The maximum atomic E-state index is 11.9. The van der Waals surface area contributed by atoms with Crippen LogP contribution in [0.4, 0.5) is 4.79 Å². The topological polar surface area (TPSA) is 69.6 Å². The molecular formula is C12H18N2O3. The highest BCUT2D eigenvalue weighted by molar-refractivity contribution is 5.77. The van der Waals surface area contributed by atoms with Crippen molar-refractivity contribution in [2.45, 2.75) is 31.7 Å². The maximum Gasteiger partial charge on any atom is 0.317 e. The Morgan fingerprint density at radius 3 is 2.76 bits per heavy atom. The number of nitrogens with one attached hydrogen (secondary N) is 1. The number of amides is 2. The second kappa shape index (κ2) is 5.21. The van der Waals surface area contributed by atoms with Crippen LogP contribution < -0.4 is 5.32 Å². The minimum Gasteiger partial charge on any atom is -0.481 e. The molecule has 0 bridgehead atoms. The summed E-state index contributed by atoms with van der Waals surface area (Å²) in [7, 11) is 0.